The van der Waals surface area contributed by atoms with Crippen LogP contribution in [0.4, 0.5) is 0 Å². The Morgan fingerprint density at radius 2 is 2.12 bits per heavy atom. The summed E-state index contributed by atoms with van der Waals surface area (Å²) in [6.07, 6.45) is 0. The van der Waals surface area contributed by atoms with Gasteiger partial charge in [-0.15, -0.1) is 0 Å². The maximum Gasteiger partial charge on any atom is 0.269 e. The molecular formula is C12H8N2OS2. The van der Waals surface area contributed by atoms with Crippen LogP contribution in [0.25, 0.3) is 21.2 Å². The molecule has 84 valence electrons. The molecular weight excluding hydrogens is 252 g/mol. The number of benzene rings is 1. The summed E-state index contributed by atoms with van der Waals surface area (Å²) in [5.74, 6) is -0.473. The Labute approximate surface area is 106 Å². The maximum absolute atomic E-state index is 11.2. The fraction of sp³-hybridized carbons (Fsp3) is 0. The van der Waals surface area contributed by atoms with E-state index in [0.29, 0.717) is 5.69 Å². The summed E-state index contributed by atoms with van der Waals surface area (Å²) < 4.78 is 5.08. The van der Waals surface area contributed by atoms with E-state index in [1.807, 2.05) is 23.6 Å². The van der Waals surface area contributed by atoms with Gasteiger partial charge in [-0.05, 0) is 45.6 Å². The van der Waals surface area contributed by atoms with Crippen LogP contribution >= 0.6 is 22.9 Å². The molecule has 0 fully saturated rings. The van der Waals surface area contributed by atoms with Gasteiger partial charge in [-0.3, -0.25) is 4.79 Å². The molecule has 0 unspecified atom stereocenters. The number of hydrogen-bond donors (Lipinski definition) is 1. The molecule has 0 radical (unpaired) electrons. The van der Waals surface area contributed by atoms with Crippen LogP contribution in [0.2, 0.25) is 0 Å². The van der Waals surface area contributed by atoms with Crippen molar-refractivity contribution in [2.45, 2.75) is 0 Å². The second-order valence-electron chi connectivity index (χ2n) is 3.62. The average molecular weight is 260 g/mol. The van der Waals surface area contributed by atoms with Crippen LogP contribution in [0.5, 0.6) is 0 Å². The van der Waals surface area contributed by atoms with Gasteiger partial charge in [0.15, 0.2) is 0 Å². The molecule has 3 nitrogen and oxygen atoms in total. The van der Waals surface area contributed by atoms with Gasteiger partial charge in [0.2, 0.25) is 0 Å². The molecule has 3 rings (SSSR count). The van der Waals surface area contributed by atoms with Gasteiger partial charge in [0, 0.05) is 5.39 Å². The summed E-state index contributed by atoms with van der Waals surface area (Å²) >= 11 is 2.97. The minimum absolute atomic E-state index is 0.363. The molecule has 0 saturated heterocycles. The number of aromatic nitrogens is 1. The third-order valence-corrected chi connectivity index (χ3v) is 4.05. The highest BCUT2D eigenvalue weighted by molar-refractivity contribution is 7.13. The Kier molecular flexibility index (Phi) is 2.42. The van der Waals surface area contributed by atoms with E-state index >= 15 is 0 Å². The molecule has 0 saturated carbocycles. The third-order valence-electron chi connectivity index (χ3n) is 2.56. The van der Waals surface area contributed by atoms with Crippen LogP contribution in [0.15, 0.2) is 35.0 Å². The molecule has 3 aromatic rings. The molecule has 2 N–H and O–H groups in total. The van der Waals surface area contributed by atoms with Gasteiger partial charge >= 0.3 is 0 Å². The molecule has 1 aromatic carbocycles. The number of nitrogens with zero attached hydrogens (tertiary/aromatic N) is 1. The van der Waals surface area contributed by atoms with E-state index < -0.39 is 5.91 Å². The number of amides is 1. The highest BCUT2D eigenvalue weighted by Crippen LogP contribution is 2.29. The molecule has 0 aliphatic heterocycles. The van der Waals surface area contributed by atoms with Crippen molar-refractivity contribution in [3.05, 3.63) is 40.7 Å². The molecule has 5 heteroatoms. The molecule has 0 aliphatic rings. The van der Waals surface area contributed by atoms with Crippen molar-refractivity contribution in [3.63, 3.8) is 0 Å². The first-order valence-electron chi connectivity index (χ1n) is 4.97. The van der Waals surface area contributed by atoms with Crippen molar-refractivity contribution in [2.75, 3.05) is 0 Å². The average Bonchev–Trinajstić information content (AvgIpc) is 2.97. The SMILES string of the molecule is NC(=O)c1nsc2cc(-c3ccsc3)ccc12. The molecule has 2 aromatic heterocycles. The van der Waals surface area contributed by atoms with E-state index in [9.17, 15) is 4.79 Å². The highest BCUT2D eigenvalue weighted by Gasteiger charge is 2.11. The lowest BCUT2D eigenvalue weighted by molar-refractivity contribution is 0.0998. The predicted molar refractivity (Wildman–Crippen MR) is 71.5 cm³/mol. The Hall–Kier alpha value is -1.72. The third kappa shape index (κ3) is 1.73. The van der Waals surface area contributed by atoms with Gasteiger partial charge in [-0.2, -0.15) is 15.7 Å². The smallest absolute Gasteiger partial charge is 0.269 e. The number of fused-ring (bicyclic) bond motifs is 1. The quantitative estimate of drug-likeness (QED) is 0.769. The van der Waals surface area contributed by atoms with E-state index in [1.54, 1.807) is 11.3 Å². The Morgan fingerprint density at radius 3 is 2.82 bits per heavy atom. The van der Waals surface area contributed by atoms with Gasteiger partial charge < -0.3 is 5.73 Å². The van der Waals surface area contributed by atoms with Gasteiger partial charge in [0.25, 0.3) is 5.91 Å². The van der Waals surface area contributed by atoms with Crippen LogP contribution in [0.3, 0.4) is 0 Å². The van der Waals surface area contributed by atoms with Crippen molar-refractivity contribution in [3.8, 4) is 11.1 Å². The lowest BCUT2D eigenvalue weighted by Gasteiger charge is -1.97. The number of carbonyl (C=O) groups is 1. The normalized spacial score (nSPS) is 10.8. The Bertz CT molecular complexity index is 686. The second kappa shape index (κ2) is 3.94. The van der Waals surface area contributed by atoms with Crippen LogP contribution < -0.4 is 5.73 Å². The number of nitrogens with two attached hydrogens (primary N) is 1. The van der Waals surface area contributed by atoms with Crippen LogP contribution in [0.1, 0.15) is 10.5 Å². The molecule has 17 heavy (non-hydrogen) atoms. The summed E-state index contributed by atoms with van der Waals surface area (Å²) in [5, 5.41) is 4.97. The molecule has 0 spiro atoms. The van der Waals surface area contributed by atoms with E-state index in [4.69, 9.17) is 5.73 Å². The molecule has 1 amide bonds. The van der Waals surface area contributed by atoms with Crippen LogP contribution in [-0.4, -0.2) is 10.3 Å². The summed E-state index contributed by atoms with van der Waals surface area (Å²) in [6.45, 7) is 0. The minimum atomic E-state index is -0.473. The number of thiophene rings is 1. The Balaban J connectivity index is 2.18. The summed E-state index contributed by atoms with van der Waals surface area (Å²) in [7, 11) is 0. The van der Waals surface area contributed by atoms with Crippen molar-refractivity contribution in [1.29, 1.82) is 0 Å². The molecule has 0 aliphatic carbocycles. The van der Waals surface area contributed by atoms with E-state index in [-0.39, 0.29) is 0 Å². The fourth-order valence-electron chi connectivity index (χ4n) is 1.72. The monoisotopic (exact) mass is 260 g/mol. The fourth-order valence-corrected chi connectivity index (χ4v) is 3.21. The number of carbonyl (C=O) groups excluding carboxylic acids is 1. The summed E-state index contributed by atoms with van der Waals surface area (Å²) in [5.41, 5.74) is 7.95. The first-order valence-corrected chi connectivity index (χ1v) is 6.69. The molecule has 2 heterocycles. The first kappa shape index (κ1) is 10.4. The van der Waals surface area contributed by atoms with Crippen molar-refractivity contribution in [2.24, 2.45) is 5.73 Å². The molecule has 0 atom stereocenters. The first-order chi connectivity index (χ1) is 8.25. The minimum Gasteiger partial charge on any atom is -0.364 e. The second-order valence-corrected chi connectivity index (χ2v) is 5.20. The zero-order valence-electron chi connectivity index (χ0n) is 8.71. The maximum atomic E-state index is 11.2. The Morgan fingerprint density at radius 1 is 1.24 bits per heavy atom. The number of hydrogen-bond acceptors (Lipinski definition) is 4. The van der Waals surface area contributed by atoms with E-state index in [1.165, 1.54) is 17.1 Å². The number of primary amides is 1. The van der Waals surface area contributed by atoms with Gasteiger partial charge in [0.05, 0.1) is 4.70 Å². The highest BCUT2D eigenvalue weighted by atomic mass is 32.1. The zero-order valence-corrected chi connectivity index (χ0v) is 10.3. The van der Waals surface area contributed by atoms with E-state index in [0.717, 1.165) is 15.6 Å². The topological polar surface area (TPSA) is 56.0 Å². The summed E-state index contributed by atoms with van der Waals surface area (Å²) in [4.78, 5) is 11.2. The largest absolute Gasteiger partial charge is 0.364 e. The van der Waals surface area contributed by atoms with Gasteiger partial charge in [-0.1, -0.05) is 12.1 Å². The van der Waals surface area contributed by atoms with Crippen molar-refractivity contribution in [1.82, 2.24) is 4.37 Å². The lowest BCUT2D eigenvalue weighted by Crippen LogP contribution is -2.11. The summed E-state index contributed by atoms with van der Waals surface area (Å²) in [6, 6.07) is 8.01. The van der Waals surface area contributed by atoms with Gasteiger partial charge in [0.1, 0.15) is 5.69 Å². The van der Waals surface area contributed by atoms with Gasteiger partial charge in [-0.25, -0.2) is 0 Å². The van der Waals surface area contributed by atoms with E-state index in [2.05, 4.69) is 15.8 Å². The number of rotatable bonds is 2. The van der Waals surface area contributed by atoms with Crippen LogP contribution in [-0.2, 0) is 0 Å². The van der Waals surface area contributed by atoms with Crippen molar-refractivity contribution < 1.29 is 4.79 Å². The standard InChI is InChI=1S/C12H8N2OS2/c13-12(15)11-9-2-1-7(5-10(9)17-14-11)8-3-4-16-6-8/h1-6H,(H2,13,15). The zero-order chi connectivity index (χ0) is 11.8. The predicted octanol–water partition coefficient (Wildman–Crippen LogP) is 3.12. The van der Waals surface area contributed by atoms with Crippen LogP contribution in [0, 0.1) is 0 Å². The lowest BCUT2D eigenvalue weighted by atomic mass is 10.1. The molecule has 0 bridgehead atoms. The van der Waals surface area contributed by atoms with Crippen molar-refractivity contribution >= 4 is 38.9 Å².